The first-order valence-corrected chi connectivity index (χ1v) is 7.11. The minimum atomic E-state index is -0.970. The average Bonchev–Trinajstić information content (AvgIpc) is 2.87. The minimum absolute atomic E-state index is 0.0666. The monoisotopic (exact) mass is 340 g/mol. The van der Waals surface area contributed by atoms with Crippen molar-refractivity contribution in [3.63, 3.8) is 0 Å². The molecule has 0 saturated heterocycles. The van der Waals surface area contributed by atoms with Crippen LogP contribution < -0.4 is 0 Å². The Balaban J connectivity index is 1.99. The lowest BCUT2D eigenvalue weighted by molar-refractivity contribution is -0.384. The summed E-state index contributed by atoms with van der Waals surface area (Å²) in [4.78, 5) is 24.9. The predicted molar refractivity (Wildman–Crippen MR) is 88.3 cm³/mol. The molecule has 2 aromatic carbocycles. The summed E-state index contributed by atoms with van der Waals surface area (Å²) in [7, 11) is 0. The minimum Gasteiger partial charge on any atom is -0.507 e. The van der Waals surface area contributed by atoms with Crippen LogP contribution in [0.2, 0.25) is 0 Å². The molecule has 0 aliphatic heterocycles. The van der Waals surface area contributed by atoms with Gasteiger partial charge >= 0.3 is 0 Å². The highest BCUT2D eigenvalue weighted by Crippen LogP contribution is 2.36. The number of aryl methyl sites for hydroxylation is 1. The van der Waals surface area contributed by atoms with Gasteiger partial charge in [-0.05, 0) is 25.1 Å². The first-order valence-electron chi connectivity index (χ1n) is 7.11. The van der Waals surface area contributed by atoms with Gasteiger partial charge in [-0.2, -0.15) is 0 Å². The molecule has 0 radical (unpaired) electrons. The van der Waals surface area contributed by atoms with Crippen LogP contribution in [0.5, 0.6) is 11.6 Å². The number of carbonyl (C=O) groups is 1. The van der Waals surface area contributed by atoms with Crippen LogP contribution in [0.25, 0.3) is 10.9 Å². The summed E-state index contributed by atoms with van der Waals surface area (Å²) in [6.45, 7) is 1.86. The van der Waals surface area contributed by atoms with E-state index in [1.165, 1.54) is 0 Å². The largest absolute Gasteiger partial charge is 0.507 e. The normalized spacial score (nSPS) is 11.2. The number of amides is 1. The molecule has 9 heteroatoms. The predicted octanol–water partition coefficient (Wildman–Crippen LogP) is 3.72. The second kappa shape index (κ2) is 6.04. The van der Waals surface area contributed by atoms with Crippen LogP contribution in [-0.4, -0.2) is 26.0 Å². The Morgan fingerprint density at radius 2 is 1.96 bits per heavy atom. The van der Waals surface area contributed by atoms with Gasteiger partial charge in [0.25, 0.3) is 11.6 Å². The quantitative estimate of drug-likeness (QED) is 0.378. The van der Waals surface area contributed by atoms with Crippen molar-refractivity contribution in [2.45, 2.75) is 6.92 Å². The number of nitro benzene ring substituents is 1. The van der Waals surface area contributed by atoms with E-state index in [1.807, 2.05) is 13.0 Å². The molecule has 1 heterocycles. The maximum atomic E-state index is 12.1. The zero-order chi connectivity index (χ0) is 18.1. The van der Waals surface area contributed by atoms with Crippen LogP contribution in [0.1, 0.15) is 15.9 Å². The lowest BCUT2D eigenvalue weighted by Crippen LogP contribution is -1.97. The summed E-state index contributed by atoms with van der Waals surface area (Å²) in [6.07, 6.45) is 0. The fourth-order valence-electron chi connectivity index (χ4n) is 2.34. The number of non-ortho nitro benzene ring substituents is 1. The van der Waals surface area contributed by atoms with Gasteiger partial charge < -0.3 is 15.2 Å². The summed E-state index contributed by atoms with van der Waals surface area (Å²) < 4.78 is 0. The number of nitrogens with one attached hydrogen (secondary N) is 1. The summed E-state index contributed by atoms with van der Waals surface area (Å²) in [5.74, 6) is -1.68. The number of carbonyl (C=O) groups excluding carboxylic acids is 1. The number of azo groups is 1. The molecule has 9 nitrogen and oxygen atoms in total. The summed E-state index contributed by atoms with van der Waals surface area (Å²) >= 11 is 0. The van der Waals surface area contributed by atoms with Gasteiger partial charge in [-0.15, -0.1) is 10.2 Å². The van der Waals surface area contributed by atoms with Crippen LogP contribution in [0, 0.1) is 17.0 Å². The molecular weight excluding hydrogens is 328 g/mol. The number of benzene rings is 2. The molecule has 0 atom stereocenters. The third-order valence-corrected chi connectivity index (χ3v) is 3.57. The van der Waals surface area contributed by atoms with Gasteiger partial charge in [0.05, 0.1) is 16.0 Å². The number of hydrogen-bond acceptors (Lipinski definition) is 6. The third kappa shape index (κ3) is 3.02. The van der Waals surface area contributed by atoms with Crippen LogP contribution in [0.3, 0.4) is 0 Å². The second-order valence-electron chi connectivity index (χ2n) is 5.33. The molecular formula is C16H12N4O5. The Morgan fingerprint density at radius 1 is 1.20 bits per heavy atom. The van der Waals surface area contributed by atoms with Crippen molar-refractivity contribution in [1.29, 1.82) is 0 Å². The maximum absolute atomic E-state index is 12.1. The Bertz CT molecular complexity index is 1040. The van der Waals surface area contributed by atoms with E-state index in [0.29, 0.717) is 10.9 Å². The molecule has 126 valence electrons. The Labute approximate surface area is 140 Å². The Kier molecular flexibility index (Phi) is 3.89. The fourth-order valence-corrected chi connectivity index (χ4v) is 2.34. The van der Waals surface area contributed by atoms with Gasteiger partial charge in [-0.25, -0.2) is 0 Å². The number of phenolic OH excluding ortho intramolecular Hbond substituents is 1. The molecule has 0 aliphatic carbocycles. The van der Waals surface area contributed by atoms with E-state index < -0.39 is 16.6 Å². The number of fused-ring (bicyclic) bond motifs is 1. The lowest BCUT2D eigenvalue weighted by atomic mass is 10.1. The van der Waals surface area contributed by atoms with Gasteiger partial charge in [-0.1, -0.05) is 11.6 Å². The van der Waals surface area contributed by atoms with E-state index in [2.05, 4.69) is 15.2 Å². The number of aromatic hydroxyl groups is 2. The molecule has 1 aromatic heterocycles. The summed E-state index contributed by atoms with van der Waals surface area (Å²) in [6, 6.07) is 8.36. The number of H-pyrrole nitrogens is 1. The number of nitrogens with zero attached hydrogens (tertiary/aromatic N) is 3. The van der Waals surface area contributed by atoms with Gasteiger partial charge in [0.1, 0.15) is 5.75 Å². The topological polar surface area (TPSA) is 141 Å². The molecule has 0 aliphatic rings. The number of aromatic amines is 1. The average molecular weight is 340 g/mol. The third-order valence-electron chi connectivity index (χ3n) is 3.57. The van der Waals surface area contributed by atoms with E-state index in [0.717, 1.165) is 23.8 Å². The van der Waals surface area contributed by atoms with E-state index in [4.69, 9.17) is 0 Å². The highest BCUT2D eigenvalue weighted by atomic mass is 16.6. The number of nitro groups is 1. The van der Waals surface area contributed by atoms with E-state index in [1.54, 1.807) is 12.1 Å². The SMILES string of the molecule is Cc1ccc2[nH]c(O)c(N=NC(=O)c3cc([N+](=O)[O-])ccc3O)c2c1. The molecule has 0 fully saturated rings. The number of phenols is 1. The molecule has 0 spiro atoms. The van der Waals surface area contributed by atoms with E-state index >= 15 is 0 Å². The summed E-state index contributed by atoms with van der Waals surface area (Å²) in [5, 5.41) is 38.2. The fraction of sp³-hybridized carbons (Fsp3) is 0.0625. The van der Waals surface area contributed by atoms with Gasteiger partial charge in [0.2, 0.25) is 5.88 Å². The van der Waals surface area contributed by atoms with Gasteiger partial charge in [-0.3, -0.25) is 14.9 Å². The molecule has 0 bridgehead atoms. The highest BCUT2D eigenvalue weighted by Gasteiger charge is 2.17. The lowest BCUT2D eigenvalue weighted by Gasteiger charge is -1.99. The zero-order valence-corrected chi connectivity index (χ0v) is 12.9. The van der Waals surface area contributed by atoms with Crippen LogP contribution in [0.4, 0.5) is 11.4 Å². The first-order chi connectivity index (χ1) is 11.9. The standard InChI is InChI=1S/C16H12N4O5/c1-8-2-4-12-10(6-8)14(16(23)17-12)18-19-15(22)11-7-9(20(24)25)3-5-13(11)21/h2-7,17,21,23H,1H3. The van der Waals surface area contributed by atoms with Crippen LogP contribution in [0.15, 0.2) is 46.6 Å². The Hall–Kier alpha value is -3.75. The first kappa shape index (κ1) is 16.1. The highest BCUT2D eigenvalue weighted by molar-refractivity contribution is 5.99. The van der Waals surface area contributed by atoms with Gasteiger partial charge in [0, 0.05) is 17.5 Å². The zero-order valence-electron chi connectivity index (χ0n) is 12.9. The molecule has 0 saturated carbocycles. The molecule has 25 heavy (non-hydrogen) atoms. The Morgan fingerprint density at radius 3 is 2.68 bits per heavy atom. The van der Waals surface area contributed by atoms with Crippen molar-refractivity contribution < 1.29 is 19.9 Å². The smallest absolute Gasteiger partial charge is 0.299 e. The maximum Gasteiger partial charge on any atom is 0.299 e. The number of rotatable bonds is 3. The van der Waals surface area contributed by atoms with E-state index in [9.17, 15) is 25.1 Å². The summed E-state index contributed by atoms with van der Waals surface area (Å²) in [5.41, 5.74) is 0.889. The van der Waals surface area contributed by atoms with Crippen molar-refractivity contribution in [3.8, 4) is 11.6 Å². The second-order valence-corrected chi connectivity index (χ2v) is 5.33. The molecule has 3 aromatic rings. The van der Waals surface area contributed by atoms with Crippen molar-refractivity contribution in [2.75, 3.05) is 0 Å². The van der Waals surface area contributed by atoms with E-state index in [-0.39, 0.29) is 22.8 Å². The van der Waals surface area contributed by atoms with Crippen LogP contribution in [-0.2, 0) is 0 Å². The van der Waals surface area contributed by atoms with Crippen molar-refractivity contribution in [1.82, 2.24) is 4.98 Å². The molecule has 3 rings (SSSR count). The van der Waals surface area contributed by atoms with Crippen molar-refractivity contribution in [2.24, 2.45) is 10.2 Å². The van der Waals surface area contributed by atoms with Crippen LogP contribution >= 0.6 is 0 Å². The van der Waals surface area contributed by atoms with Crippen molar-refractivity contribution in [3.05, 3.63) is 57.6 Å². The number of hydrogen-bond donors (Lipinski definition) is 3. The number of aromatic nitrogens is 1. The van der Waals surface area contributed by atoms with Gasteiger partial charge in [0.15, 0.2) is 5.69 Å². The molecule has 3 N–H and O–H groups in total. The molecule has 0 unspecified atom stereocenters. The van der Waals surface area contributed by atoms with Crippen molar-refractivity contribution >= 4 is 28.2 Å². The molecule has 1 amide bonds.